The predicted octanol–water partition coefficient (Wildman–Crippen LogP) is 9.69. The summed E-state index contributed by atoms with van der Waals surface area (Å²) in [5, 5.41) is 4.73. The van der Waals surface area contributed by atoms with E-state index in [0.717, 1.165) is 37.9 Å². The fraction of sp³-hybridized carbons (Fsp3) is 0.150. The predicted molar refractivity (Wildman–Crippen MR) is 180 cm³/mol. The van der Waals surface area contributed by atoms with E-state index in [-0.39, 0.29) is 10.8 Å². The molecule has 6 heteroatoms. The normalized spacial score (nSPS) is 15.0. The second-order valence-corrected chi connectivity index (χ2v) is 14.3. The van der Waals surface area contributed by atoms with Gasteiger partial charge in [0.05, 0.1) is 0 Å². The van der Waals surface area contributed by atoms with E-state index in [1.807, 2.05) is 6.20 Å². The molecule has 5 aromatic carbocycles. The van der Waals surface area contributed by atoms with Gasteiger partial charge in [-0.15, -0.1) is 0 Å². The molecule has 0 saturated carbocycles. The smallest absolute Gasteiger partial charge is 0.0534 e. The summed E-state index contributed by atoms with van der Waals surface area (Å²) in [6.45, 7) is 9.26. The van der Waals surface area contributed by atoms with E-state index in [4.69, 9.17) is 9.84 Å². The summed E-state index contributed by atoms with van der Waals surface area (Å²) < 4.78 is 14.6. The number of fused-ring (bicyclic) bond motifs is 8. The fourth-order valence-corrected chi connectivity index (χ4v) is 8.54. The first-order valence-electron chi connectivity index (χ1n) is 15.6. The first-order chi connectivity index (χ1) is 22.3. The zero-order valence-corrected chi connectivity index (χ0v) is 28.3. The van der Waals surface area contributed by atoms with E-state index in [1.165, 1.54) is 39.0 Å². The van der Waals surface area contributed by atoms with Gasteiger partial charge in [-0.2, -0.15) is 0 Å². The number of para-hydroxylation sites is 2. The molecule has 2 aliphatic rings. The Morgan fingerprint density at radius 3 is 2.07 bits per heavy atom. The van der Waals surface area contributed by atoms with Gasteiger partial charge in [0.2, 0.25) is 0 Å². The minimum atomic E-state index is -0.0770. The summed E-state index contributed by atoms with van der Waals surface area (Å²) in [5.74, 6) is 1.58. The van der Waals surface area contributed by atoms with Crippen LogP contribution < -0.4 is 4.74 Å². The molecule has 9 rings (SSSR count). The molecule has 0 bridgehead atoms. The van der Waals surface area contributed by atoms with E-state index in [1.54, 1.807) is 0 Å². The maximum atomic E-state index is 6.70. The monoisotopic (exact) mass is 779 g/mol. The van der Waals surface area contributed by atoms with Crippen molar-refractivity contribution in [2.45, 2.75) is 38.5 Å². The van der Waals surface area contributed by atoms with Crippen molar-refractivity contribution in [1.29, 1.82) is 0 Å². The van der Waals surface area contributed by atoms with Crippen molar-refractivity contribution in [3.05, 3.63) is 137 Å². The van der Waals surface area contributed by atoms with Crippen molar-refractivity contribution >= 4 is 11.0 Å². The quantitative estimate of drug-likeness (QED) is 0.179. The Labute approximate surface area is 278 Å². The summed E-state index contributed by atoms with van der Waals surface area (Å²) in [6.07, 6.45) is 1.90. The summed E-state index contributed by atoms with van der Waals surface area (Å²) in [6, 6.07) is 41.0. The maximum absolute atomic E-state index is 6.70. The van der Waals surface area contributed by atoms with Crippen molar-refractivity contribution in [2.24, 2.45) is 0 Å². The number of aromatic nitrogens is 4. The SMILES string of the molecule is CC1(C)c2ccc(Oc3ccc4c(c3)-n3[c](=[Pt])n(-c5ccccc5)c5cccc(c53)-c3ccccc3-4)cc2-n2nccc2C1(C)C. The van der Waals surface area contributed by atoms with Gasteiger partial charge in [-0.1, -0.05) is 13.8 Å². The zero-order valence-electron chi connectivity index (χ0n) is 26.1. The number of hydrogen-bond donors (Lipinski definition) is 0. The van der Waals surface area contributed by atoms with E-state index < -0.39 is 0 Å². The second kappa shape index (κ2) is 9.64. The van der Waals surface area contributed by atoms with Crippen LogP contribution in [0.5, 0.6) is 11.5 Å². The van der Waals surface area contributed by atoms with Crippen LogP contribution in [0.1, 0.15) is 39.0 Å². The molecule has 5 nitrogen and oxygen atoms in total. The van der Waals surface area contributed by atoms with Crippen molar-refractivity contribution in [1.82, 2.24) is 18.9 Å². The Hall–Kier alpha value is -4.73. The van der Waals surface area contributed by atoms with Crippen LogP contribution in [0.2, 0.25) is 0 Å². The first kappa shape index (κ1) is 27.6. The van der Waals surface area contributed by atoms with Crippen LogP contribution in [0.15, 0.2) is 121 Å². The van der Waals surface area contributed by atoms with Crippen LogP contribution >= 0.6 is 0 Å². The van der Waals surface area contributed by atoms with Gasteiger partial charge in [0, 0.05) is 0 Å². The fourth-order valence-electron chi connectivity index (χ4n) is 7.45. The van der Waals surface area contributed by atoms with Gasteiger partial charge in [-0.3, -0.25) is 0 Å². The molecule has 0 aliphatic carbocycles. The second-order valence-electron chi connectivity index (χ2n) is 13.3. The van der Waals surface area contributed by atoms with Crippen molar-refractivity contribution in [3.63, 3.8) is 0 Å². The molecule has 4 heterocycles. The molecule has 0 fully saturated rings. The minimum absolute atomic E-state index is 0.0711. The molecule has 7 aromatic rings. The van der Waals surface area contributed by atoms with Crippen LogP contribution in [-0.4, -0.2) is 18.9 Å². The Bertz CT molecular complexity index is 2430. The number of ether oxygens (including phenoxy) is 1. The molecule has 0 radical (unpaired) electrons. The summed E-state index contributed by atoms with van der Waals surface area (Å²) in [7, 11) is 0. The number of hydrogen-bond acceptors (Lipinski definition) is 2. The molecule has 0 saturated heterocycles. The third-order valence-corrected chi connectivity index (χ3v) is 11.5. The van der Waals surface area contributed by atoms with Crippen LogP contribution in [0.3, 0.4) is 0 Å². The van der Waals surface area contributed by atoms with E-state index in [2.05, 4.69) is 176 Å². The number of rotatable bonds is 3. The van der Waals surface area contributed by atoms with Gasteiger partial charge in [0.15, 0.2) is 0 Å². The molecular formula is C40H32N4OPt. The molecule has 228 valence electrons. The molecular weight excluding hydrogens is 748 g/mol. The third-order valence-electron chi connectivity index (χ3n) is 10.5. The zero-order chi connectivity index (χ0) is 31.4. The van der Waals surface area contributed by atoms with Crippen molar-refractivity contribution in [3.8, 4) is 50.8 Å². The molecule has 46 heavy (non-hydrogen) atoms. The number of benzene rings is 5. The average molecular weight is 780 g/mol. The van der Waals surface area contributed by atoms with Gasteiger partial charge < -0.3 is 0 Å². The summed E-state index contributed by atoms with van der Waals surface area (Å²) in [4.78, 5) is 0. The van der Waals surface area contributed by atoms with Crippen LogP contribution in [-0.2, 0) is 30.2 Å². The molecule has 2 aromatic heterocycles. The first-order valence-corrected chi connectivity index (χ1v) is 16.8. The number of imidazole rings is 1. The van der Waals surface area contributed by atoms with Gasteiger partial charge in [0.1, 0.15) is 0 Å². The van der Waals surface area contributed by atoms with Gasteiger partial charge >= 0.3 is 266 Å². The summed E-state index contributed by atoms with van der Waals surface area (Å²) in [5.41, 5.74) is 12.8. The van der Waals surface area contributed by atoms with Gasteiger partial charge in [0.25, 0.3) is 0 Å². The van der Waals surface area contributed by atoms with E-state index >= 15 is 0 Å². The van der Waals surface area contributed by atoms with Crippen molar-refractivity contribution in [2.75, 3.05) is 0 Å². The molecule has 0 spiro atoms. The van der Waals surface area contributed by atoms with Crippen molar-refractivity contribution < 1.29 is 24.1 Å². The Morgan fingerprint density at radius 2 is 1.28 bits per heavy atom. The molecule has 0 unspecified atom stereocenters. The van der Waals surface area contributed by atoms with E-state index in [9.17, 15) is 0 Å². The Kier molecular flexibility index (Phi) is 5.78. The van der Waals surface area contributed by atoms with Gasteiger partial charge in [-0.25, -0.2) is 0 Å². The molecule has 0 atom stereocenters. The number of nitrogens with zero attached hydrogens (tertiary/aromatic N) is 4. The summed E-state index contributed by atoms with van der Waals surface area (Å²) >= 11 is 2.48. The van der Waals surface area contributed by atoms with Crippen LogP contribution in [0.4, 0.5) is 0 Å². The molecule has 2 aliphatic heterocycles. The minimum Gasteiger partial charge on any atom is -0.0534 e. The molecule has 0 amide bonds. The third kappa shape index (κ3) is 3.66. The Morgan fingerprint density at radius 1 is 0.609 bits per heavy atom. The average Bonchev–Trinajstić information content (AvgIpc) is 3.65. The topological polar surface area (TPSA) is 36.9 Å². The van der Waals surface area contributed by atoms with Crippen LogP contribution in [0, 0.1) is 3.80 Å². The standard InChI is InChI=1S/C40H32N4O.Pt/c1-39(2)33-20-18-28(24-36(33)44-37(21-22-41-44)40(39,3)4)45-27-17-19-31-29-13-8-9-14-30(29)32-15-10-16-34-38(32)43(35(31)23-27)25-42(34)26-11-6-5-7-12-26;/h5-24H,1-4H3;. The molecule has 0 N–H and O–H groups in total. The van der Waals surface area contributed by atoms with Crippen LogP contribution in [0.25, 0.3) is 50.3 Å². The van der Waals surface area contributed by atoms with Gasteiger partial charge in [-0.05, 0) is 0 Å². The Balaban J connectivity index is 1.24. The van der Waals surface area contributed by atoms with E-state index in [0.29, 0.717) is 0 Å².